The van der Waals surface area contributed by atoms with Gasteiger partial charge in [-0.3, -0.25) is 14.9 Å². The van der Waals surface area contributed by atoms with E-state index in [1.165, 1.54) is 18.2 Å². The van der Waals surface area contributed by atoms with Crippen molar-refractivity contribution in [2.75, 3.05) is 0 Å². The number of nitro groups is 1. The molecule has 8 heteroatoms. The zero-order valence-corrected chi connectivity index (χ0v) is 15.4. The van der Waals surface area contributed by atoms with Crippen LogP contribution in [0.2, 0.25) is 5.02 Å². The summed E-state index contributed by atoms with van der Waals surface area (Å²) in [6, 6.07) is 11.6. The summed E-state index contributed by atoms with van der Waals surface area (Å²) in [6.45, 7) is 0.193. The van der Waals surface area contributed by atoms with Gasteiger partial charge in [0.15, 0.2) is 4.80 Å². The molecule has 0 aliphatic rings. The van der Waals surface area contributed by atoms with E-state index in [0.29, 0.717) is 25.6 Å². The van der Waals surface area contributed by atoms with Gasteiger partial charge in [-0.25, -0.2) is 0 Å². The van der Waals surface area contributed by atoms with E-state index in [1.807, 2.05) is 6.07 Å². The lowest BCUT2D eigenvalue weighted by Crippen LogP contribution is -2.15. The van der Waals surface area contributed by atoms with Gasteiger partial charge < -0.3 is 4.57 Å². The van der Waals surface area contributed by atoms with E-state index in [2.05, 4.69) is 10.9 Å². The Kier molecular flexibility index (Phi) is 5.50. The summed E-state index contributed by atoms with van der Waals surface area (Å²) in [6.07, 6.45) is 8.31. The van der Waals surface area contributed by atoms with Crippen molar-refractivity contribution in [1.82, 2.24) is 4.57 Å². The summed E-state index contributed by atoms with van der Waals surface area (Å²) < 4.78 is 2.30. The molecular formula is C19H12ClN3O3S. The molecule has 0 fully saturated rings. The number of aromatic nitrogens is 1. The molecule has 0 unspecified atom stereocenters. The minimum absolute atomic E-state index is 0.0342. The molecule has 0 bridgehead atoms. The highest BCUT2D eigenvalue weighted by molar-refractivity contribution is 7.16. The maximum Gasteiger partial charge on any atom is 0.272 e. The SMILES string of the molecule is C#CCn1c(=NC(=O)/C=C/c2ccccc2Cl)sc2cc([N+](=O)[O-])ccc21. The van der Waals surface area contributed by atoms with Crippen LogP contribution in [0.5, 0.6) is 0 Å². The third kappa shape index (κ3) is 4.14. The van der Waals surface area contributed by atoms with Crippen molar-refractivity contribution in [3.05, 3.63) is 74.0 Å². The van der Waals surface area contributed by atoms with Crippen molar-refractivity contribution >= 4 is 50.8 Å². The Balaban J connectivity index is 2.02. The number of thiazole rings is 1. The predicted octanol–water partition coefficient (Wildman–Crippen LogP) is 4.04. The first kappa shape index (κ1) is 18.6. The van der Waals surface area contributed by atoms with Crippen LogP contribution in [0.3, 0.4) is 0 Å². The van der Waals surface area contributed by atoms with E-state index in [-0.39, 0.29) is 12.2 Å². The quantitative estimate of drug-likeness (QED) is 0.288. The molecule has 1 heterocycles. The first-order valence-electron chi connectivity index (χ1n) is 7.72. The summed E-state index contributed by atoms with van der Waals surface area (Å²) in [5, 5.41) is 11.5. The van der Waals surface area contributed by atoms with Gasteiger partial charge in [-0.2, -0.15) is 4.99 Å². The Bertz CT molecular complexity index is 1180. The first-order chi connectivity index (χ1) is 13.0. The molecule has 6 nitrogen and oxygen atoms in total. The summed E-state index contributed by atoms with van der Waals surface area (Å²) in [7, 11) is 0. The summed E-state index contributed by atoms with van der Waals surface area (Å²) in [5.41, 5.74) is 1.35. The standard InChI is InChI=1S/C19H12ClN3O3S/c1-2-11-22-16-9-8-14(23(25)26)12-17(16)27-19(22)21-18(24)10-7-13-5-3-4-6-15(13)20/h1,3-10,12H,11H2/b10-7+,21-19?. The van der Waals surface area contributed by atoms with Gasteiger partial charge in [0.05, 0.1) is 21.7 Å². The smallest absolute Gasteiger partial charge is 0.272 e. The van der Waals surface area contributed by atoms with Gasteiger partial charge in [0.2, 0.25) is 0 Å². The van der Waals surface area contributed by atoms with E-state index >= 15 is 0 Å². The second-order valence-electron chi connectivity index (χ2n) is 5.39. The molecule has 3 rings (SSSR count). The van der Waals surface area contributed by atoms with Crippen molar-refractivity contribution < 1.29 is 9.72 Å². The van der Waals surface area contributed by atoms with E-state index < -0.39 is 10.8 Å². The lowest BCUT2D eigenvalue weighted by molar-refractivity contribution is -0.384. The molecule has 0 saturated heterocycles. The number of nitro benzene ring substituents is 1. The van der Waals surface area contributed by atoms with Crippen molar-refractivity contribution in [2.24, 2.45) is 4.99 Å². The number of benzene rings is 2. The maximum atomic E-state index is 12.2. The average molecular weight is 398 g/mol. The number of amides is 1. The van der Waals surface area contributed by atoms with Gasteiger partial charge in [-0.05, 0) is 23.8 Å². The van der Waals surface area contributed by atoms with Gasteiger partial charge in [0.1, 0.15) is 0 Å². The number of carbonyl (C=O) groups is 1. The van der Waals surface area contributed by atoms with Crippen molar-refractivity contribution in [3.8, 4) is 12.3 Å². The molecule has 0 N–H and O–H groups in total. The van der Waals surface area contributed by atoms with E-state index in [0.717, 1.165) is 11.3 Å². The number of fused-ring (bicyclic) bond motifs is 1. The van der Waals surface area contributed by atoms with E-state index in [9.17, 15) is 14.9 Å². The van der Waals surface area contributed by atoms with Crippen LogP contribution < -0.4 is 4.80 Å². The molecule has 134 valence electrons. The van der Waals surface area contributed by atoms with Crippen LogP contribution in [0.4, 0.5) is 5.69 Å². The topological polar surface area (TPSA) is 77.5 Å². The lowest BCUT2D eigenvalue weighted by Gasteiger charge is -1.99. The Morgan fingerprint density at radius 1 is 1.37 bits per heavy atom. The number of halogens is 1. The lowest BCUT2D eigenvalue weighted by atomic mass is 10.2. The van der Waals surface area contributed by atoms with E-state index in [4.69, 9.17) is 18.0 Å². The third-order valence-electron chi connectivity index (χ3n) is 3.64. The second kappa shape index (κ2) is 7.99. The molecular weight excluding hydrogens is 386 g/mol. The van der Waals surface area contributed by atoms with Crippen LogP contribution in [0.25, 0.3) is 16.3 Å². The molecule has 0 radical (unpaired) electrons. The Morgan fingerprint density at radius 2 is 2.15 bits per heavy atom. The summed E-state index contributed by atoms with van der Waals surface area (Å²) in [4.78, 5) is 27.2. The highest BCUT2D eigenvalue weighted by Crippen LogP contribution is 2.23. The van der Waals surface area contributed by atoms with Gasteiger partial charge in [-0.15, -0.1) is 6.42 Å². The largest absolute Gasteiger partial charge is 0.305 e. The molecule has 27 heavy (non-hydrogen) atoms. The van der Waals surface area contributed by atoms with Crippen molar-refractivity contribution in [1.29, 1.82) is 0 Å². The fourth-order valence-corrected chi connectivity index (χ4v) is 3.67. The normalized spacial score (nSPS) is 11.8. The molecule has 0 saturated carbocycles. The molecule has 3 aromatic rings. The molecule has 0 atom stereocenters. The third-order valence-corrected chi connectivity index (χ3v) is 5.03. The molecule has 2 aromatic carbocycles. The Morgan fingerprint density at radius 3 is 2.85 bits per heavy atom. The number of carbonyl (C=O) groups excluding carboxylic acids is 1. The van der Waals surface area contributed by atoms with Crippen molar-refractivity contribution in [2.45, 2.75) is 6.54 Å². The average Bonchev–Trinajstić information content (AvgIpc) is 2.98. The van der Waals surface area contributed by atoms with Gasteiger partial charge >= 0.3 is 0 Å². The summed E-state index contributed by atoms with van der Waals surface area (Å²) in [5.74, 6) is 2.02. The number of rotatable bonds is 4. The zero-order chi connectivity index (χ0) is 19.4. The summed E-state index contributed by atoms with van der Waals surface area (Å²) >= 11 is 7.22. The number of hydrogen-bond donors (Lipinski definition) is 0. The minimum atomic E-state index is -0.484. The highest BCUT2D eigenvalue weighted by atomic mass is 35.5. The number of hydrogen-bond acceptors (Lipinski definition) is 4. The van der Waals surface area contributed by atoms with Crippen LogP contribution in [-0.2, 0) is 11.3 Å². The number of non-ortho nitro benzene ring substituents is 1. The molecule has 1 aromatic heterocycles. The van der Waals surface area contributed by atoms with E-state index in [1.54, 1.807) is 34.9 Å². The Labute approximate surface area is 163 Å². The van der Waals surface area contributed by atoms with Crippen LogP contribution >= 0.6 is 22.9 Å². The fraction of sp³-hybridized carbons (Fsp3) is 0.0526. The minimum Gasteiger partial charge on any atom is -0.305 e. The van der Waals surface area contributed by atoms with Gasteiger partial charge in [-0.1, -0.05) is 47.1 Å². The number of terminal acetylenes is 1. The number of nitrogens with zero attached hydrogens (tertiary/aromatic N) is 3. The van der Waals surface area contributed by atoms with Crippen molar-refractivity contribution in [3.63, 3.8) is 0 Å². The highest BCUT2D eigenvalue weighted by Gasteiger charge is 2.12. The molecule has 0 spiro atoms. The monoisotopic (exact) mass is 397 g/mol. The maximum absolute atomic E-state index is 12.2. The molecule has 0 aliphatic heterocycles. The first-order valence-corrected chi connectivity index (χ1v) is 8.91. The van der Waals surface area contributed by atoms with Crippen LogP contribution in [0.1, 0.15) is 5.56 Å². The molecule has 1 amide bonds. The van der Waals surface area contributed by atoms with Crippen LogP contribution in [0.15, 0.2) is 53.5 Å². The molecule has 0 aliphatic carbocycles. The predicted molar refractivity (Wildman–Crippen MR) is 106 cm³/mol. The van der Waals surface area contributed by atoms with Gasteiger partial charge in [0.25, 0.3) is 11.6 Å². The van der Waals surface area contributed by atoms with Crippen LogP contribution in [0, 0.1) is 22.5 Å². The van der Waals surface area contributed by atoms with Gasteiger partial charge in [0, 0.05) is 23.2 Å². The zero-order valence-electron chi connectivity index (χ0n) is 13.8. The van der Waals surface area contributed by atoms with Crippen LogP contribution in [-0.4, -0.2) is 15.4 Å². The Hall–Kier alpha value is -3.21. The second-order valence-corrected chi connectivity index (χ2v) is 6.81. The fourth-order valence-electron chi connectivity index (χ4n) is 2.41.